The number of pyridine rings is 1. The number of rotatable bonds is 5. The van der Waals surface area contributed by atoms with Gasteiger partial charge in [-0.1, -0.05) is 0 Å². The Labute approximate surface area is 203 Å². The molecule has 1 unspecified atom stereocenters. The maximum absolute atomic E-state index is 13.1. The number of carbonyl (C=O) groups excluding carboxylic acids is 1. The molecule has 3 aromatic rings. The number of likely N-dealkylation sites (tertiary alicyclic amines) is 1. The van der Waals surface area contributed by atoms with Crippen LogP contribution in [0.2, 0.25) is 0 Å². The lowest BCUT2D eigenvalue weighted by atomic mass is 10.00. The maximum Gasteiger partial charge on any atom is 0.228 e. The van der Waals surface area contributed by atoms with Gasteiger partial charge in [0.05, 0.1) is 24.8 Å². The average molecular weight is 480 g/mol. The molecule has 1 amide bonds. The maximum atomic E-state index is 13.1. The molecule has 1 N–H and O–H groups in total. The van der Waals surface area contributed by atoms with Crippen molar-refractivity contribution in [1.29, 1.82) is 0 Å². The van der Waals surface area contributed by atoms with Gasteiger partial charge < -0.3 is 24.3 Å². The fourth-order valence-corrected chi connectivity index (χ4v) is 5.46. The molecule has 34 heavy (non-hydrogen) atoms. The number of aryl methyl sites for hydroxylation is 1. The molecule has 4 heterocycles. The van der Waals surface area contributed by atoms with Crippen molar-refractivity contribution in [1.82, 2.24) is 14.3 Å². The smallest absolute Gasteiger partial charge is 0.228 e. The molecular formula is C26H34N5O2P. The van der Waals surface area contributed by atoms with E-state index in [2.05, 4.69) is 78.9 Å². The van der Waals surface area contributed by atoms with E-state index in [1.165, 1.54) is 5.56 Å². The highest BCUT2D eigenvalue weighted by atomic mass is 31.0. The second-order valence-electron chi connectivity index (χ2n) is 9.69. The predicted molar refractivity (Wildman–Crippen MR) is 141 cm³/mol. The van der Waals surface area contributed by atoms with E-state index in [0.717, 1.165) is 79.3 Å². The summed E-state index contributed by atoms with van der Waals surface area (Å²) in [6.07, 6.45) is 6.87. The van der Waals surface area contributed by atoms with E-state index < -0.39 is 0 Å². The Bertz CT molecular complexity index is 1200. The van der Waals surface area contributed by atoms with Crippen molar-refractivity contribution < 1.29 is 9.53 Å². The summed E-state index contributed by atoms with van der Waals surface area (Å²) in [6.45, 7) is 11.5. The summed E-state index contributed by atoms with van der Waals surface area (Å²) in [6, 6.07) is 6.95. The van der Waals surface area contributed by atoms with Crippen molar-refractivity contribution in [2.45, 2.75) is 33.2 Å². The van der Waals surface area contributed by atoms with Crippen LogP contribution < -0.4 is 15.5 Å². The molecule has 2 atom stereocenters. The van der Waals surface area contributed by atoms with Crippen molar-refractivity contribution in [3.63, 3.8) is 0 Å². The summed E-state index contributed by atoms with van der Waals surface area (Å²) in [5.41, 5.74) is 6.32. The Kier molecular flexibility index (Phi) is 6.61. The number of amides is 1. The standard InChI is InChI=1S/C26H34N5O2P/c1-17(2)30-6-4-19(15-30)26(32)28-22-14-21(18(3)12-24(22)34)20-13-23(29-8-10-33-11-9-29)25-27-5-7-31(25)16-20/h5,7,12-14,16-17,19H,4,6,8-11,15,34H2,1-3H3,(H,28,32)/t19-/m0/s1. The fourth-order valence-electron chi connectivity index (χ4n) is 5.05. The van der Waals surface area contributed by atoms with Gasteiger partial charge in [-0.05, 0) is 68.4 Å². The SMILES string of the molecule is Cc1cc(P)c(NC(=O)[C@H]2CCN(C(C)C)C2)cc1-c1cc(N2CCOCC2)c2nccn2c1. The Balaban J connectivity index is 1.46. The Morgan fingerprint density at radius 1 is 1.21 bits per heavy atom. The van der Waals surface area contributed by atoms with Gasteiger partial charge in [-0.25, -0.2) is 4.98 Å². The number of benzene rings is 1. The molecule has 0 saturated carbocycles. The van der Waals surface area contributed by atoms with E-state index in [-0.39, 0.29) is 11.8 Å². The van der Waals surface area contributed by atoms with Crippen molar-refractivity contribution >= 4 is 37.5 Å². The minimum absolute atomic E-state index is 0.0341. The molecule has 2 aliphatic rings. The number of aromatic nitrogens is 2. The van der Waals surface area contributed by atoms with Crippen LogP contribution in [-0.4, -0.2) is 65.6 Å². The highest BCUT2D eigenvalue weighted by Gasteiger charge is 2.30. The molecule has 2 saturated heterocycles. The van der Waals surface area contributed by atoms with Gasteiger partial charge >= 0.3 is 0 Å². The van der Waals surface area contributed by atoms with Crippen LogP contribution in [0.25, 0.3) is 16.8 Å². The van der Waals surface area contributed by atoms with Crippen LogP contribution in [-0.2, 0) is 9.53 Å². The number of imidazole rings is 1. The Morgan fingerprint density at radius 3 is 2.74 bits per heavy atom. The Hall–Kier alpha value is -2.47. The van der Waals surface area contributed by atoms with Gasteiger partial charge in [0, 0.05) is 55.5 Å². The Morgan fingerprint density at radius 2 is 2.00 bits per heavy atom. The topological polar surface area (TPSA) is 62.1 Å². The van der Waals surface area contributed by atoms with Crippen molar-refractivity contribution in [2.24, 2.45) is 5.92 Å². The van der Waals surface area contributed by atoms with Crippen LogP contribution in [0.15, 0.2) is 36.8 Å². The van der Waals surface area contributed by atoms with Crippen LogP contribution in [0.3, 0.4) is 0 Å². The summed E-state index contributed by atoms with van der Waals surface area (Å²) >= 11 is 0. The van der Waals surface area contributed by atoms with E-state index in [1.807, 2.05) is 12.4 Å². The number of hydrogen-bond donors (Lipinski definition) is 1. The van der Waals surface area contributed by atoms with E-state index in [9.17, 15) is 4.79 Å². The zero-order chi connectivity index (χ0) is 23.8. The highest BCUT2D eigenvalue weighted by Crippen LogP contribution is 2.32. The molecule has 180 valence electrons. The summed E-state index contributed by atoms with van der Waals surface area (Å²) in [5.74, 6) is 0.146. The first-order valence-electron chi connectivity index (χ1n) is 12.2. The minimum atomic E-state index is 0.0341. The number of nitrogens with zero attached hydrogens (tertiary/aromatic N) is 4. The summed E-state index contributed by atoms with van der Waals surface area (Å²) in [4.78, 5) is 22.4. The molecule has 2 aromatic heterocycles. The molecule has 2 fully saturated rings. The van der Waals surface area contributed by atoms with Gasteiger partial charge in [0.25, 0.3) is 0 Å². The molecule has 0 bridgehead atoms. The molecule has 5 rings (SSSR count). The van der Waals surface area contributed by atoms with Crippen LogP contribution in [0.1, 0.15) is 25.8 Å². The van der Waals surface area contributed by atoms with Crippen LogP contribution in [0.5, 0.6) is 0 Å². The van der Waals surface area contributed by atoms with Crippen molar-refractivity contribution in [2.75, 3.05) is 49.6 Å². The highest BCUT2D eigenvalue weighted by molar-refractivity contribution is 7.28. The summed E-state index contributed by atoms with van der Waals surface area (Å²) in [5, 5.41) is 4.23. The molecule has 7 nitrogen and oxygen atoms in total. The van der Waals surface area contributed by atoms with E-state index in [4.69, 9.17) is 4.74 Å². The molecular weight excluding hydrogens is 445 g/mol. The molecule has 0 spiro atoms. The summed E-state index contributed by atoms with van der Waals surface area (Å²) in [7, 11) is 2.78. The first-order chi connectivity index (χ1) is 16.4. The number of anilines is 2. The monoisotopic (exact) mass is 479 g/mol. The fraction of sp³-hybridized carbons (Fsp3) is 0.462. The first-order valence-corrected chi connectivity index (χ1v) is 12.7. The first kappa shape index (κ1) is 23.3. The van der Waals surface area contributed by atoms with Gasteiger partial charge in [-0.3, -0.25) is 4.79 Å². The molecule has 0 radical (unpaired) electrons. The second-order valence-corrected chi connectivity index (χ2v) is 10.3. The average Bonchev–Trinajstić information content (AvgIpc) is 3.51. The third-order valence-electron chi connectivity index (χ3n) is 7.11. The van der Waals surface area contributed by atoms with Gasteiger partial charge in [-0.2, -0.15) is 0 Å². The zero-order valence-electron chi connectivity index (χ0n) is 20.3. The second kappa shape index (κ2) is 9.65. The van der Waals surface area contributed by atoms with Crippen molar-refractivity contribution in [3.8, 4) is 11.1 Å². The van der Waals surface area contributed by atoms with Crippen LogP contribution in [0, 0.1) is 12.8 Å². The van der Waals surface area contributed by atoms with Gasteiger partial charge in [0.2, 0.25) is 5.91 Å². The quantitative estimate of drug-likeness (QED) is 0.569. The number of ether oxygens (including phenoxy) is 1. The minimum Gasteiger partial charge on any atom is -0.378 e. The third kappa shape index (κ3) is 4.57. The molecule has 0 aliphatic carbocycles. The predicted octanol–water partition coefficient (Wildman–Crippen LogP) is 3.32. The largest absolute Gasteiger partial charge is 0.378 e. The van der Waals surface area contributed by atoms with Crippen molar-refractivity contribution in [3.05, 3.63) is 42.4 Å². The number of nitrogens with one attached hydrogen (secondary N) is 1. The van der Waals surface area contributed by atoms with Crippen LogP contribution in [0.4, 0.5) is 11.4 Å². The van der Waals surface area contributed by atoms with E-state index in [1.54, 1.807) is 0 Å². The lowest BCUT2D eigenvalue weighted by molar-refractivity contribution is -0.119. The van der Waals surface area contributed by atoms with Gasteiger partial charge in [0.15, 0.2) is 5.65 Å². The lowest BCUT2D eigenvalue weighted by Crippen LogP contribution is -2.36. The van der Waals surface area contributed by atoms with E-state index >= 15 is 0 Å². The number of carbonyl (C=O) groups is 1. The third-order valence-corrected chi connectivity index (χ3v) is 7.58. The van der Waals surface area contributed by atoms with E-state index in [0.29, 0.717) is 6.04 Å². The van der Waals surface area contributed by atoms with Gasteiger partial charge in [-0.15, -0.1) is 9.24 Å². The molecule has 1 aromatic carbocycles. The zero-order valence-corrected chi connectivity index (χ0v) is 21.4. The summed E-state index contributed by atoms with van der Waals surface area (Å²) < 4.78 is 7.65. The molecule has 8 heteroatoms. The molecule has 2 aliphatic heterocycles. The number of fused-ring (bicyclic) bond motifs is 1. The number of hydrogen-bond acceptors (Lipinski definition) is 5. The lowest BCUT2D eigenvalue weighted by Gasteiger charge is -2.29. The normalized spacial score (nSPS) is 19.3. The van der Waals surface area contributed by atoms with Gasteiger partial charge in [0.1, 0.15) is 0 Å². The number of morpholine rings is 1. The van der Waals surface area contributed by atoms with Crippen LogP contribution >= 0.6 is 9.24 Å².